The molecule has 0 spiro atoms. The number of rotatable bonds is 3. The van der Waals surface area contributed by atoms with Crippen LogP contribution in [0, 0.1) is 5.92 Å². The highest BCUT2D eigenvalue weighted by Gasteiger charge is 2.26. The summed E-state index contributed by atoms with van der Waals surface area (Å²) in [6.45, 7) is 14.9. The van der Waals surface area contributed by atoms with Crippen molar-refractivity contribution in [1.29, 1.82) is 0 Å². The van der Waals surface area contributed by atoms with E-state index in [0.717, 1.165) is 17.5 Å². The summed E-state index contributed by atoms with van der Waals surface area (Å²) in [7, 11) is 0. The van der Waals surface area contributed by atoms with Gasteiger partial charge in [0.25, 0.3) is 0 Å². The maximum atomic E-state index is 10.6. The van der Waals surface area contributed by atoms with Gasteiger partial charge in [0.1, 0.15) is 5.75 Å². The lowest BCUT2D eigenvalue weighted by molar-refractivity contribution is 0.237. The molecule has 0 aliphatic carbocycles. The lowest BCUT2D eigenvalue weighted by atomic mass is 9.77. The second-order valence-electron chi connectivity index (χ2n) is 8.03. The summed E-state index contributed by atoms with van der Waals surface area (Å²) < 4.78 is 0. The molecule has 114 valence electrons. The first-order chi connectivity index (χ1) is 8.96. The van der Waals surface area contributed by atoms with Crippen molar-refractivity contribution in [2.24, 2.45) is 5.92 Å². The van der Waals surface area contributed by atoms with E-state index in [0.29, 0.717) is 5.75 Å². The van der Waals surface area contributed by atoms with Gasteiger partial charge in [-0.25, -0.2) is 0 Å². The second kappa shape index (κ2) is 5.77. The molecule has 0 bridgehead atoms. The molecule has 0 aromatic heterocycles. The van der Waals surface area contributed by atoms with Gasteiger partial charge in [-0.05, 0) is 39.9 Å². The summed E-state index contributed by atoms with van der Waals surface area (Å²) in [4.78, 5) is 0. The Kier molecular flexibility index (Phi) is 4.91. The number of hydrogen-bond acceptors (Lipinski definition) is 2. The minimum Gasteiger partial charge on any atom is -0.507 e. The number of phenols is 1. The third-order valence-electron chi connectivity index (χ3n) is 3.68. The van der Waals surface area contributed by atoms with Crippen LogP contribution in [0.5, 0.6) is 5.75 Å². The van der Waals surface area contributed by atoms with Gasteiger partial charge < -0.3 is 10.2 Å². The molecule has 0 radical (unpaired) electrons. The largest absolute Gasteiger partial charge is 0.507 e. The highest BCUT2D eigenvalue weighted by Crippen LogP contribution is 2.40. The van der Waals surface area contributed by atoms with Gasteiger partial charge in [-0.15, -0.1) is 0 Å². The Hall–Kier alpha value is -1.02. The van der Waals surface area contributed by atoms with Crippen molar-refractivity contribution >= 4 is 0 Å². The summed E-state index contributed by atoms with van der Waals surface area (Å²) in [5, 5.41) is 19.9. The molecule has 0 aliphatic heterocycles. The van der Waals surface area contributed by atoms with Gasteiger partial charge in [-0.2, -0.15) is 0 Å². The van der Waals surface area contributed by atoms with E-state index < -0.39 is 0 Å². The van der Waals surface area contributed by atoms with Crippen molar-refractivity contribution in [3.63, 3.8) is 0 Å². The fourth-order valence-electron chi connectivity index (χ4n) is 2.42. The van der Waals surface area contributed by atoms with E-state index in [4.69, 9.17) is 0 Å². The van der Waals surface area contributed by atoms with E-state index >= 15 is 0 Å². The highest BCUT2D eigenvalue weighted by molar-refractivity contribution is 5.49. The Morgan fingerprint density at radius 1 is 0.950 bits per heavy atom. The summed E-state index contributed by atoms with van der Waals surface area (Å²) in [5.41, 5.74) is 2.99. The summed E-state index contributed by atoms with van der Waals surface area (Å²) >= 11 is 0. The van der Waals surface area contributed by atoms with Crippen LogP contribution >= 0.6 is 0 Å². The third-order valence-corrected chi connectivity index (χ3v) is 3.68. The molecule has 0 aliphatic rings. The van der Waals surface area contributed by atoms with Gasteiger partial charge >= 0.3 is 0 Å². The molecule has 1 atom stereocenters. The average Bonchev–Trinajstić information content (AvgIpc) is 2.28. The number of aliphatic hydroxyl groups excluding tert-OH is 1. The van der Waals surface area contributed by atoms with Crippen molar-refractivity contribution in [3.05, 3.63) is 28.8 Å². The number of benzene rings is 1. The van der Waals surface area contributed by atoms with Gasteiger partial charge in [-0.1, -0.05) is 60.6 Å². The quantitative estimate of drug-likeness (QED) is 0.871. The third kappa shape index (κ3) is 3.99. The zero-order chi connectivity index (χ0) is 15.7. The van der Waals surface area contributed by atoms with Crippen LogP contribution in [0.4, 0.5) is 0 Å². The summed E-state index contributed by atoms with van der Waals surface area (Å²) in [6.07, 6.45) is 0.836. The average molecular weight is 278 g/mol. The molecule has 0 saturated heterocycles. The van der Waals surface area contributed by atoms with E-state index in [2.05, 4.69) is 53.7 Å². The fraction of sp³-hybridized carbons (Fsp3) is 0.667. The first-order valence-corrected chi connectivity index (χ1v) is 7.44. The minimum absolute atomic E-state index is 0.0947. The van der Waals surface area contributed by atoms with Crippen LogP contribution in [0.2, 0.25) is 0 Å². The van der Waals surface area contributed by atoms with E-state index in [1.807, 2.05) is 6.92 Å². The molecule has 0 heterocycles. The first kappa shape index (κ1) is 17.0. The molecule has 0 amide bonds. The van der Waals surface area contributed by atoms with E-state index in [9.17, 15) is 10.2 Å². The Bertz CT molecular complexity index is 426. The van der Waals surface area contributed by atoms with Crippen LogP contribution < -0.4 is 0 Å². The lowest BCUT2D eigenvalue weighted by Gasteiger charge is -2.28. The van der Waals surface area contributed by atoms with Crippen LogP contribution in [0.15, 0.2) is 12.1 Å². The van der Waals surface area contributed by atoms with Crippen LogP contribution in [-0.2, 0) is 17.3 Å². The molecule has 1 rings (SSSR count). The monoisotopic (exact) mass is 278 g/mol. The van der Waals surface area contributed by atoms with Gasteiger partial charge in [-0.3, -0.25) is 0 Å². The summed E-state index contributed by atoms with van der Waals surface area (Å²) in [6, 6.07) is 4.19. The fourth-order valence-corrected chi connectivity index (χ4v) is 2.42. The molecule has 2 N–H and O–H groups in total. The Morgan fingerprint density at radius 2 is 1.35 bits per heavy atom. The zero-order valence-corrected chi connectivity index (χ0v) is 14.0. The molecule has 1 aromatic carbocycles. The maximum absolute atomic E-state index is 10.6. The molecular weight excluding hydrogens is 248 g/mol. The van der Waals surface area contributed by atoms with Crippen LogP contribution in [0.25, 0.3) is 0 Å². The van der Waals surface area contributed by atoms with Crippen molar-refractivity contribution in [1.82, 2.24) is 0 Å². The predicted octanol–water partition coefficient (Wildman–Crippen LogP) is 4.16. The second-order valence-corrected chi connectivity index (χ2v) is 8.03. The number of aliphatic hydroxyl groups is 1. The number of hydrogen-bond donors (Lipinski definition) is 2. The van der Waals surface area contributed by atoms with Gasteiger partial charge in [0.15, 0.2) is 0 Å². The smallest absolute Gasteiger partial charge is 0.123 e. The summed E-state index contributed by atoms with van der Waals surface area (Å²) in [5.74, 6) is 0.658. The Balaban J connectivity index is 3.42. The van der Waals surface area contributed by atoms with E-state index in [1.54, 1.807) is 0 Å². The zero-order valence-electron chi connectivity index (χ0n) is 14.0. The van der Waals surface area contributed by atoms with E-state index in [-0.39, 0.29) is 23.4 Å². The number of phenolic OH excluding ortho intramolecular Hbond substituents is 1. The van der Waals surface area contributed by atoms with Crippen LogP contribution in [0.3, 0.4) is 0 Å². The maximum Gasteiger partial charge on any atom is 0.123 e. The molecule has 0 fully saturated rings. The molecular formula is C18H30O2. The molecule has 1 aromatic rings. The van der Waals surface area contributed by atoms with Crippen molar-refractivity contribution in [3.8, 4) is 5.75 Å². The molecule has 1 unspecified atom stereocenters. The Labute approximate surface area is 123 Å². The predicted molar refractivity (Wildman–Crippen MR) is 85.5 cm³/mol. The lowest BCUT2D eigenvalue weighted by Crippen LogP contribution is -2.18. The van der Waals surface area contributed by atoms with Crippen LogP contribution in [-0.4, -0.2) is 16.8 Å². The topological polar surface area (TPSA) is 40.5 Å². The van der Waals surface area contributed by atoms with Crippen molar-refractivity contribution in [2.75, 3.05) is 6.61 Å². The molecule has 0 saturated carbocycles. The van der Waals surface area contributed by atoms with Gasteiger partial charge in [0, 0.05) is 6.61 Å². The Morgan fingerprint density at radius 3 is 1.65 bits per heavy atom. The minimum atomic E-state index is -0.0947. The molecule has 2 nitrogen and oxygen atoms in total. The van der Waals surface area contributed by atoms with Crippen molar-refractivity contribution < 1.29 is 10.2 Å². The molecule has 20 heavy (non-hydrogen) atoms. The highest BCUT2D eigenvalue weighted by atomic mass is 16.3. The van der Waals surface area contributed by atoms with Gasteiger partial charge in [0.05, 0.1) is 0 Å². The normalized spacial score (nSPS) is 14.4. The van der Waals surface area contributed by atoms with Gasteiger partial charge in [0.2, 0.25) is 0 Å². The van der Waals surface area contributed by atoms with Crippen molar-refractivity contribution in [2.45, 2.75) is 65.7 Å². The van der Waals surface area contributed by atoms with E-state index in [1.165, 1.54) is 5.56 Å². The first-order valence-electron chi connectivity index (χ1n) is 7.44. The standard InChI is InChI=1S/C18H30O2/c1-12(11-19)8-13-9-14(17(2,3)4)16(20)15(10-13)18(5,6)7/h9-10,12,19-20H,8,11H2,1-7H3. The SMILES string of the molecule is CC(CO)Cc1cc(C(C)(C)C)c(O)c(C(C)(C)C)c1. The molecule has 2 heteroatoms. The number of aromatic hydroxyl groups is 1. The van der Waals surface area contributed by atoms with Crippen LogP contribution in [0.1, 0.15) is 65.2 Å².